The predicted molar refractivity (Wildman–Crippen MR) is 118 cm³/mol. The Balaban J connectivity index is 1.91. The lowest BCUT2D eigenvalue weighted by Gasteiger charge is -2.23. The molecule has 0 radical (unpaired) electrons. The molecule has 3 rings (SSSR count). The first kappa shape index (κ1) is 20.9. The van der Waals surface area contributed by atoms with Gasteiger partial charge in [-0.3, -0.25) is 4.79 Å². The van der Waals surface area contributed by atoms with Crippen molar-refractivity contribution in [3.63, 3.8) is 0 Å². The van der Waals surface area contributed by atoms with Gasteiger partial charge in [0, 0.05) is 13.1 Å². The smallest absolute Gasteiger partial charge is 0.265 e. The molecule has 0 aliphatic heterocycles. The Morgan fingerprint density at radius 3 is 2.64 bits per heavy atom. The highest BCUT2D eigenvalue weighted by Gasteiger charge is 2.22. The van der Waals surface area contributed by atoms with Crippen LogP contribution in [0.2, 0.25) is 5.02 Å². The van der Waals surface area contributed by atoms with E-state index in [0.717, 1.165) is 62.1 Å². The summed E-state index contributed by atoms with van der Waals surface area (Å²) in [5.74, 6) is 0.956. The van der Waals surface area contributed by atoms with Crippen molar-refractivity contribution in [2.75, 3.05) is 6.54 Å². The van der Waals surface area contributed by atoms with Gasteiger partial charge < -0.3 is 9.47 Å². The number of fused-ring (bicyclic) bond motifs is 1. The summed E-state index contributed by atoms with van der Waals surface area (Å²) in [7, 11) is 0. The molecule has 4 nitrogen and oxygen atoms in total. The molecule has 0 saturated heterocycles. The number of imidazole rings is 1. The number of para-hydroxylation sites is 2. The van der Waals surface area contributed by atoms with Crippen molar-refractivity contribution in [1.29, 1.82) is 0 Å². The van der Waals surface area contributed by atoms with Crippen LogP contribution in [-0.2, 0) is 13.1 Å². The van der Waals surface area contributed by atoms with Crippen LogP contribution in [0.4, 0.5) is 0 Å². The summed E-state index contributed by atoms with van der Waals surface area (Å²) in [5.41, 5.74) is 2.13. The molecular weight excluding hydrogens is 390 g/mol. The lowest BCUT2D eigenvalue weighted by Crippen LogP contribution is -2.32. The lowest BCUT2D eigenvalue weighted by atomic mass is 10.2. The molecule has 150 valence electrons. The highest BCUT2D eigenvalue weighted by molar-refractivity contribution is 7.12. The summed E-state index contributed by atoms with van der Waals surface area (Å²) in [6, 6.07) is 10.0. The van der Waals surface area contributed by atoms with E-state index in [9.17, 15) is 4.79 Å². The third-order valence-corrected chi connectivity index (χ3v) is 6.26. The van der Waals surface area contributed by atoms with E-state index in [1.807, 2.05) is 28.5 Å². The van der Waals surface area contributed by atoms with Crippen LogP contribution in [0.25, 0.3) is 11.0 Å². The number of rotatable bonds is 10. The van der Waals surface area contributed by atoms with Crippen LogP contribution in [0, 0.1) is 0 Å². The van der Waals surface area contributed by atoms with Crippen molar-refractivity contribution in [3.05, 3.63) is 51.4 Å². The number of aromatic nitrogens is 2. The second-order valence-electron chi connectivity index (χ2n) is 7.05. The Kier molecular flexibility index (Phi) is 7.51. The molecule has 2 heterocycles. The molecule has 0 unspecified atom stereocenters. The fourth-order valence-electron chi connectivity index (χ4n) is 3.38. The van der Waals surface area contributed by atoms with Gasteiger partial charge in [-0.05, 0) is 36.4 Å². The second-order valence-corrected chi connectivity index (χ2v) is 8.38. The van der Waals surface area contributed by atoms with Crippen LogP contribution in [-0.4, -0.2) is 26.9 Å². The standard InChI is InChI=1S/C22H28ClN3OS/c1-3-5-9-13-25(22(27)21-17(23)12-15-28-21)16-20-24-18-10-7-8-11-19(18)26(20)14-6-4-2/h7-8,10-12,15H,3-6,9,13-14,16H2,1-2H3. The summed E-state index contributed by atoms with van der Waals surface area (Å²) in [5, 5.41) is 2.41. The van der Waals surface area contributed by atoms with Gasteiger partial charge in [-0.1, -0.05) is 56.8 Å². The number of nitrogens with zero attached hydrogens (tertiary/aromatic N) is 3. The minimum absolute atomic E-state index is 0.00482. The van der Waals surface area contributed by atoms with Crippen molar-refractivity contribution < 1.29 is 4.79 Å². The van der Waals surface area contributed by atoms with Gasteiger partial charge in [0.05, 0.1) is 22.6 Å². The average Bonchev–Trinajstić information content (AvgIpc) is 3.28. The van der Waals surface area contributed by atoms with Crippen LogP contribution in [0.5, 0.6) is 0 Å². The van der Waals surface area contributed by atoms with Crippen LogP contribution in [0.3, 0.4) is 0 Å². The molecule has 0 aliphatic carbocycles. The van der Waals surface area contributed by atoms with Gasteiger partial charge in [-0.25, -0.2) is 4.98 Å². The number of halogens is 1. The molecule has 0 aliphatic rings. The van der Waals surface area contributed by atoms with Gasteiger partial charge in [0.1, 0.15) is 10.7 Å². The van der Waals surface area contributed by atoms with E-state index in [1.54, 1.807) is 6.07 Å². The first-order valence-electron chi connectivity index (χ1n) is 10.1. The Hall–Kier alpha value is -1.85. The molecule has 0 saturated carbocycles. The minimum atomic E-state index is 0.00482. The molecule has 2 aromatic heterocycles. The topological polar surface area (TPSA) is 38.1 Å². The Labute approximate surface area is 176 Å². The summed E-state index contributed by atoms with van der Waals surface area (Å²) < 4.78 is 2.27. The normalized spacial score (nSPS) is 11.2. The van der Waals surface area contributed by atoms with Crippen molar-refractivity contribution in [2.45, 2.75) is 59.0 Å². The van der Waals surface area contributed by atoms with Gasteiger partial charge in [-0.15, -0.1) is 11.3 Å². The van der Waals surface area contributed by atoms with Crippen LogP contribution >= 0.6 is 22.9 Å². The number of hydrogen-bond acceptors (Lipinski definition) is 3. The quantitative estimate of drug-likeness (QED) is 0.359. The molecule has 0 atom stereocenters. The average molecular weight is 418 g/mol. The zero-order chi connectivity index (χ0) is 19.9. The fourth-order valence-corrected chi connectivity index (χ4v) is 4.48. The maximum atomic E-state index is 13.2. The molecule has 1 amide bonds. The van der Waals surface area contributed by atoms with E-state index in [4.69, 9.17) is 16.6 Å². The van der Waals surface area contributed by atoms with Crippen molar-refractivity contribution >= 4 is 39.9 Å². The number of carbonyl (C=O) groups excluding carboxylic acids is 1. The van der Waals surface area contributed by atoms with E-state index >= 15 is 0 Å². The van der Waals surface area contributed by atoms with Gasteiger partial charge in [0.2, 0.25) is 0 Å². The number of carbonyl (C=O) groups is 1. The first-order chi connectivity index (χ1) is 13.7. The number of thiophene rings is 1. The van der Waals surface area contributed by atoms with Gasteiger partial charge >= 0.3 is 0 Å². The molecule has 28 heavy (non-hydrogen) atoms. The van der Waals surface area contributed by atoms with Crippen molar-refractivity contribution in [2.24, 2.45) is 0 Å². The van der Waals surface area contributed by atoms with Crippen molar-refractivity contribution in [3.8, 4) is 0 Å². The Bertz CT molecular complexity index is 918. The first-order valence-corrected chi connectivity index (χ1v) is 11.4. The number of benzene rings is 1. The largest absolute Gasteiger partial charge is 0.330 e. The summed E-state index contributed by atoms with van der Waals surface area (Å²) in [4.78, 5) is 20.6. The number of hydrogen-bond donors (Lipinski definition) is 0. The Morgan fingerprint density at radius 2 is 1.93 bits per heavy atom. The van der Waals surface area contributed by atoms with E-state index in [2.05, 4.69) is 24.5 Å². The fraction of sp³-hybridized carbons (Fsp3) is 0.455. The number of amides is 1. The van der Waals surface area contributed by atoms with E-state index < -0.39 is 0 Å². The van der Waals surface area contributed by atoms with Crippen molar-refractivity contribution in [1.82, 2.24) is 14.5 Å². The van der Waals surface area contributed by atoms with Crippen LogP contribution < -0.4 is 0 Å². The number of unbranched alkanes of at least 4 members (excludes halogenated alkanes) is 3. The highest BCUT2D eigenvalue weighted by atomic mass is 35.5. The van der Waals surface area contributed by atoms with E-state index in [1.165, 1.54) is 11.3 Å². The maximum Gasteiger partial charge on any atom is 0.265 e. The van der Waals surface area contributed by atoms with Crippen LogP contribution in [0.15, 0.2) is 35.7 Å². The third-order valence-electron chi connectivity index (χ3n) is 4.93. The zero-order valence-electron chi connectivity index (χ0n) is 16.7. The molecule has 0 spiro atoms. The lowest BCUT2D eigenvalue weighted by molar-refractivity contribution is 0.0739. The molecule has 0 fully saturated rings. The van der Waals surface area contributed by atoms with Crippen LogP contribution in [0.1, 0.15) is 61.4 Å². The molecule has 1 aromatic carbocycles. The molecular formula is C22H28ClN3OS. The molecule has 0 N–H and O–H groups in total. The number of aryl methyl sites for hydroxylation is 1. The SMILES string of the molecule is CCCCCN(Cc1nc2ccccc2n1CCCC)C(=O)c1sccc1Cl. The monoisotopic (exact) mass is 417 g/mol. The van der Waals surface area contributed by atoms with E-state index in [0.29, 0.717) is 16.4 Å². The Morgan fingerprint density at radius 1 is 1.14 bits per heavy atom. The van der Waals surface area contributed by atoms with Gasteiger partial charge in [-0.2, -0.15) is 0 Å². The minimum Gasteiger partial charge on any atom is -0.330 e. The second kappa shape index (κ2) is 10.1. The molecule has 6 heteroatoms. The maximum absolute atomic E-state index is 13.2. The van der Waals surface area contributed by atoms with E-state index in [-0.39, 0.29) is 5.91 Å². The van der Waals surface area contributed by atoms with Gasteiger partial charge in [0.15, 0.2) is 0 Å². The highest BCUT2D eigenvalue weighted by Crippen LogP contribution is 2.25. The summed E-state index contributed by atoms with van der Waals surface area (Å²) in [6.07, 6.45) is 5.43. The predicted octanol–water partition coefficient (Wildman–Crippen LogP) is 6.38. The molecule has 3 aromatic rings. The summed E-state index contributed by atoms with van der Waals surface area (Å²) in [6.45, 7) is 6.51. The third kappa shape index (κ3) is 4.76. The van der Waals surface area contributed by atoms with Gasteiger partial charge in [0.25, 0.3) is 5.91 Å². The molecule has 0 bridgehead atoms. The summed E-state index contributed by atoms with van der Waals surface area (Å²) >= 11 is 7.66. The zero-order valence-corrected chi connectivity index (χ0v) is 18.2.